The number of nitrogens with zero attached hydrogens (tertiary/aromatic N) is 2. The second kappa shape index (κ2) is 6.65. The van der Waals surface area contributed by atoms with Gasteiger partial charge in [0.25, 0.3) is 0 Å². The van der Waals surface area contributed by atoms with Crippen molar-refractivity contribution in [2.75, 3.05) is 33.9 Å². The van der Waals surface area contributed by atoms with E-state index in [1.54, 1.807) is 19.1 Å². The number of carbonyl (C=O) groups excluding carboxylic acids is 2. The topological polar surface area (TPSA) is 79.3 Å². The highest BCUT2D eigenvalue weighted by molar-refractivity contribution is 5.93. The summed E-state index contributed by atoms with van der Waals surface area (Å²) in [4.78, 5) is 29.3. The van der Waals surface area contributed by atoms with Gasteiger partial charge in [0.1, 0.15) is 11.4 Å². The van der Waals surface area contributed by atoms with Crippen LogP contribution in [0.4, 0.5) is 0 Å². The van der Waals surface area contributed by atoms with Gasteiger partial charge >= 0.3 is 0 Å². The van der Waals surface area contributed by atoms with E-state index in [1.807, 2.05) is 36.4 Å². The van der Waals surface area contributed by atoms with E-state index in [2.05, 4.69) is 0 Å². The molecule has 0 radical (unpaired) electrons. The van der Waals surface area contributed by atoms with Crippen LogP contribution in [0.5, 0.6) is 5.75 Å². The monoisotopic (exact) mass is 372 g/mol. The van der Waals surface area contributed by atoms with E-state index in [9.17, 15) is 9.59 Å². The third kappa shape index (κ3) is 2.82. The van der Waals surface area contributed by atoms with Crippen molar-refractivity contribution >= 4 is 11.8 Å². The number of likely N-dealkylation sites (tertiary alicyclic amines) is 1. The minimum absolute atomic E-state index is 0.0552. The van der Waals surface area contributed by atoms with Crippen molar-refractivity contribution in [3.63, 3.8) is 0 Å². The van der Waals surface area contributed by atoms with Crippen molar-refractivity contribution in [2.24, 2.45) is 11.8 Å². The summed E-state index contributed by atoms with van der Waals surface area (Å²) >= 11 is 0. The molecule has 2 fully saturated rings. The highest BCUT2D eigenvalue weighted by Crippen LogP contribution is 2.52. The van der Waals surface area contributed by atoms with Crippen LogP contribution in [-0.2, 0) is 20.9 Å². The van der Waals surface area contributed by atoms with Gasteiger partial charge in [-0.05, 0) is 17.7 Å². The van der Waals surface area contributed by atoms with Crippen LogP contribution >= 0.6 is 0 Å². The molecule has 0 unspecified atom stereocenters. The van der Waals surface area contributed by atoms with Crippen molar-refractivity contribution in [3.05, 3.63) is 42.0 Å². The van der Waals surface area contributed by atoms with Crippen molar-refractivity contribution < 1.29 is 24.2 Å². The van der Waals surface area contributed by atoms with Crippen molar-refractivity contribution in [1.82, 2.24) is 9.80 Å². The number of fused-ring (bicyclic) bond motifs is 1. The molecule has 1 N–H and O–H groups in total. The van der Waals surface area contributed by atoms with E-state index in [0.29, 0.717) is 13.1 Å². The van der Waals surface area contributed by atoms with Gasteiger partial charge in [-0.3, -0.25) is 9.59 Å². The van der Waals surface area contributed by atoms with Crippen LogP contribution in [0, 0.1) is 11.8 Å². The second-order valence-corrected chi connectivity index (χ2v) is 7.43. The molecule has 3 aliphatic rings. The fourth-order valence-electron chi connectivity index (χ4n) is 4.50. The van der Waals surface area contributed by atoms with Gasteiger partial charge in [0.2, 0.25) is 11.8 Å². The molecule has 2 saturated heterocycles. The zero-order valence-corrected chi connectivity index (χ0v) is 15.5. The molecule has 1 aromatic rings. The number of hydrogen-bond donors (Lipinski definition) is 1. The first kappa shape index (κ1) is 18.0. The number of methoxy groups -OCH3 is 1. The Labute approximate surface area is 158 Å². The normalized spacial score (nSPS) is 30.7. The number of ether oxygens (including phenoxy) is 2. The van der Waals surface area contributed by atoms with E-state index in [-0.39, 0.29) is 31.1 Å². The van der Waals surface area contributed by atoms with E-state index in [4.69, 9.17) is 14.6 Å². The molecular formula is C20H24N2O5. The molecule has 1 aromatic carbocycles. The summed E-state index contributed by atoms with van der Waals surface area (Å²) in [5.41, 5.74) is 0.249. The van der Waals surface area contributed by atoms with E-state index >= 15 is 0 Å². The lowest BCUT2D eigenvalue weighted by Crippen LogP contribution is -2.45. The van der Waals surface area contributed by atoms with Crippen LogP contribution in [-0.4, -0.2) is 72.3 Å². The molecule has 2 bridgehead atoms. The number of likely N-dealkylation sites (N-methyl/N-ethyl adjacent to an activating group) is 1. The number of hydrogen-bond acceptors (Lipinski definition) is 5. The third-order valence-corrected chi connectivity index (χ3v) is 5.78. The molecule has 144 valence electrons. The fourth-order valence-corrected chi connectivity index (χ4v) is 4.50. The minimum Gasteiger partial charge on any atom is -0.497 e. The van der Waals surface area contributed by atoms with Crippen molar-refractivity contribution in [2.45, 2.75) is 18.2 Å². The number of amides is 2. The van der Waals surface area contributed by atoms with Crippen molar-refractivity contribution in [1.29, 1.82) is 0 Å². The lowest BCUT2D eigenvalue weighted by molar-refractivity contribution is -0.142. The van der Waals surface area contributed by atoms with Gasteiger partial charge in [0.15, 0.2) is 0 Å². The van der Waals surface area contributed by atoms with Gasteiger partial charge in [-0.15, -0.1) is 0 Å². The Bertz CT molecular complexity index is 794. The Kier molecular flexibility index (Phi) is 4.44. The molecule has 1 spiro atoms. The number of rotatable bonds is 6. The van der Waals surface area contributed by atoms with E-state index in [0.717, 1.165) is 11.3 Å². The maximum atomic E-state index is 13.2. The minimum atomic E-state index is -0.721. The summed E-state index contributed by atoms with van der Waals surface area (Å²) in [6.07, 6.45) is 3.47. The van der Waals surface area contributed by atoms with Gasteiger partial charge in [-0.2, -0.15) is 0 Å². The molecule has 0 saturated carbocycles. The van der Waals surface area contributed by atoms with Crippen LogP contribution in [0.1, 0.15) is 5.56 Å². The number of benzene rings is 1. The predicted octanol–water partition coefficient (Wildman–Crippen LogP) is 0.428. The van der Waals surface area contributed by atoms with E-state index < -0.39 is 17.4 Å². The number of carbonyl (C=O) groups is 2. The summed E-state index contributed by atoms with van der Waals surface area (Å²) in [6, 6.07) is 7.62. The summed E-state index contributed by atoms with van der Waals surface area (Å²) in [7, 11) is 3.26. The first-order valence-electron chi connectivity index (χ1n) is 9.14. The van der Waals surface area contributed by atoms with Crippen LogP contribution in [0.15, 0.2) is 36.4 Å². The zero-order chi connectivity index (χ0) is 19.2. The smallest absolute Gasteiger partial charge is 0.230 e. The molecule has 7 nitrogen and oxygen atoms in total. The molecular weight excluding hydrogens is 348 g/mol. The SMILES string of the molecule is COc1cccc(CN2C[C@]34C=C[C@H](O3)[C@@H](C(=O)N(C)CCO)[C@H]4C2=O)c1. The number of aliphatic hydroxyl groups excluding tert-OH is 1. The molecule has 27 heavy (non-hydrogen) atoms. The highest BCUT2D eigenvalue weighted by Gasteiger charge is 2.67. The Morgan fingerprint density at radius 1 is 1.48 bits per heavy atom. The molecule has 3 aliphatic heterocycles. The Balaban J connectivity index is 1.56. The first-order valence-corrected chi connectivity index (χ1v) is 9.14. The molecule has 2 amide bonds. The number of aliphatic hydroxyl groups is 1. The van der Waals surface area contributed by atoms with Crippen LogP contribution in [0.25, 0.3) is 0 Å². The van der Waals surface area contributed by atoms with E-state index in [1.165, 1.54) is 4.90 Å². The Hall–Kier alpha value is -2.38. The van der Waals surface area contributed by atoms with Crippen LogP contribution < -0.4 is 4.74 Å². The second-order valence-electron chi connectivity index (χ2n) is 7.43. The molecule has 0 aromatic heterocycles. The van der Waals surface area contributed by atoms with Gasteiger partial charge < -0.3 is 24.4 Å². The average Bonchev–Trinajstić information content (AvgIpc) is 3.30. The largest absolute Gasteiger partial charge is 0.497 e. The molecule has 3 heterocycles. The summed E-state index contributed by atoms with van der Waals surface area (Å²) in [5.74, 6) is -0.503. The Morgan fingerprint density at radius 3 is 3.04 bits per heavy atom. The highest BCUT2D eigenvalue weighted by atomic mass is 16.5. The zero-order valence-electron chi connectivity index (χ0n) is 15.5. The van der Waals surface area contributed by atoms with Crippen LogP contribution in [0.2, 0.25) is 0 Å². The van der Waals surface area contributed by atoms with Gasteiger partial charge in [-0.25, -0.2) is 0 Å². The average molecular weight is 372 g/mol. The maximum Gasteiger partial charge on any atom is 0.230 e. The van der Waals surface area contributed by atoms with Crippen molar-refractivity contribution in [3.8, 4) is 5.75 Å². The summed E-state index contributed by atoms with van der Waals surface area (Å²) in [5, 5.41) is 9.12. The lowest BCUT2D eigenvalue weighted by atomic mass is 9.76. The predicted molar refractivity (Wildman–Crippen MR) is 96.9 cm³/mol. The van der Waals surface area contributed by atoms with Gasteiger partial charge in [0.05, 0.1) is 38.2 Å². The third-order valence-electron chi connectivity index (χ3n) is 5.78. The fraction of sp³-hybridized carbons (Fsp3) is 0.500. The first-order chi connectivity index (χ1) is 13.0. The van der Waals surface area contributed by atoms with Crippen LogP contribution in [0.3, 0.4) is 0 Å². The maximum absolute atomic E-state index is 13.2. The molecule has 4 atom stereocenters. The Morgan fingerprint density at radius 2 is 2.30 bits per heavy atom. The van der Waals surface area contributed by atoms with Gasteiger partial charge in [0, 0.05) is 20.1 Å². The quantitative estimate of drug-likeness (QED) is 0.733. The van der Waals surface area contributed by atoms with Gasteiger partial charge in [-0.1, -0.05) is 24.3 Å². The molecule has 7 heteroatoms. The lowest BCUT2D eigenvalue weighted by Gasteiger charge is -2.27. The standard InChI is InChI=1S/C20H24N2O5/c1-21(8-9-23)18(24)16-15-6-7-20(27-15)12-22(19(25)17(16)20)11-13-4-3-5-14(10-13)26-2/h3-7,10,15-17,23H,8-9,11-12H2,1-2H3/t15-,16+,17-,20-/m0/s1. The molecule has 4 rings (SSSR count). The molecule has 0 aliphatic carbocycles. The summed E-state index contributed by atoms with van der Waals surface area (Å²) < 4.78 is 11.4. The summed E-state index contributed by atoms with van der Waals surface area (Å²) in [6.45, 7) is 1.02.